The number of ether oxygens (including phenoxy) is 2. The van der Waals surface area contributed by atoms with Gasteiger partial charge < -0.3 is 20.5 Å². The van der Waals surface area contributed by atoms with Crippen LogP contribution in [0.4, 0.5) is 5.69 Å². The SMILES string of the molecule is COc1ccc(NC(N)=NCc2cc(C)nc(C)c2)cc1OC. The fraction of sp³-hybridized carbons (Fsp3) is 0.294. The summed E-state index contributed by atoms with van der Waals surface area (Å²) in [5.74, 6) is 1.63. The van der Waals surface area contributed by atoms with Crippen molar-refractivity contribution in [2.24, 2.45) is 10.7 Å². The monoisotopic (exact) mass is 314 g/mol. The summed E-state index contributed by atoms with van der Waals surface area (Å²) in [6.07, 6.45) is 0. The van der Waals surface area contributed by atoms with Gasteiger partial charge in [-0.1, -0.05) is 0 Å². The molecule has 0 unspecified atom stereocenters. The number of methoxy groups -OCH3 is 2. The van der Waals surface area contributed by atoms with Crippen LogP contribution in [0.3, 0.4) is 0 Å². The maximum absolute atomic E-state index is 5.94. The van der Waals surface area contributed by atoms with Gasteiger partial charge in [-0.25, -0.2) is 4.99 Å². The van der Waals surface area contributed by atoms with E-state index in [9.17, 15) is 0 Å². The molecule has 2 rings (SSSR count). The van der Waals surface area contributed by atoms with Gasteiger partial charge in [0.25, 0.3) is 0 Å². The molecule has 0 radical (unpaired) electrons. The first-order valence-electron chi connectivity index (χ1n) is 7.25. The van der Waals surface area contributed by atoms with E-state index in [-0.39, 0.29) is 0 Å². The van der Waals surface area contributed by atoms with Crippen LogP contribution in [0.5, 0.6) is 11.5 Å². The van der Waals surface area contributed by atoms with Crippen molar-refractivity contribution in [3.05, 3.63) is 47.3 Å². The number of aromatic nitrogens is 1. The van der Waals surface area contributed by atoms with Crippen LogP contribution in [0.1, 0.15) is 17.0 Å². The van der Waals surface area contributed by atoms with Crippen molar-refractivity contribution in [3.63, 3.8) is 0 Å². The van der Waals surface area contributed by atoms with Crippen LogP contribution >= 0.6 is 0 Å². The Kier molecular flexibility index (Phi) is 5.41. The van der Waals surface area contributed by atoms with E-state index in [1.54, 1.807) is 14.2 Å². The van der Waals surface area contributed by atoms with Gasteiger partial charge in [0.05, 0.1) is 20.8 Å². The predicted molar refractivity (Wildman–Crippen MR) is 92.2 cm³/mol. The summed E-state index contributed by atoms with van der Waals surface area (Å²) in [6, 6.07) is 9.47. The highest BCUT2D eigenvalue weighted by atomic mass is 16.5. The predicted octanol–water partition coefficient (Wildman–Crippen LogP) is 2.64. The van der Waals surface area contributed by atoms with Crippen molar-refractivity contribution in [2.75, 3.05) is 19.5 Å². The molecule has 0 saturated heterocycles. The van der Waals surface area contributed by atoms with E-state index >= 15 is 0 Å². The smallest absolute Gasteiger partial charge is 0.193 e. The van der Waals surface area contributed by atoms with Gasteiger partial charge in [0.1, 0.15) is 0 Å². The summed E-state index contributed by atoms with van der Waals surface area (Å²) in [5.41, 5.74) is 9.75. The minimum Gasteiger partial charge on any atom is -0.493 e. The molecule has 6 heteroatoms. The summed E-state index contributed by atoms with van der Waals surface area (Å²) in [6.45, 7) is 4.42. The van der Waals surface area contributed by atoms with Crippen LogP contribution in [0.2, 0.25) is 0 Å². The number of rotatable bonds is 5. The molecule has 6 nitrogen and oxygen atoms in total. The number of hydrogen-bond acceptors (Lipinski definition) is 4. The molecule has 0 fully saturated rings. The van der Waals surface area contributed by atoms with E-state index in [1.165, 1.54) is 0 Å². The van der Waals surface area contributed by atoms with E-state index in [0.717, 1.165) is 22.6 Å². The van der Waals surface area contributed by atoms with Gasteiger partial charge in [0, 0.05) is 23.1 Å². The lowest BCUT2D eigenvalue weighted by Gasteiger charge is -2.11. The maximum Gasteiger partial charge on any atom is 0.193 e. The molecule has 0 saturated carbocycles. The molecule has 23 heavy (non-hydrogen) atoms. The van der Waals surface area contributed by atoms with Crippen LogP contribution in [-0.2, 0) is 6.54 Å². The average molecular weight is 314 g/mol. The summed E-state index contributed by atoms with van der Waals surface area (Å²) in [7, 11) is 3.19. The number of nitrogens with one attached hydrogen (secondary N) is 1. The molecule has 0 atom stereocenters. The minimum absolute atomic E-state index is 0.337. The van der Waals surface area contributed by atoms with Gasteiger partial charge in [-0.3, -0.25) is 4.98 Å². The summed E-state index contributed by atoms with van der Waals surface area (Å²) < 4.78 is 10.5. The number of aryl methyl sites for hydroxylation is 2. The van der Waals surface area contributed by atoms with Crippen molar-refractivity contribution in [1.82, 2.24) is 4.98 Å². The van der Waals surface area contributed by atoms with E-state index in [0.29, 0.717) is 24.0 Å². The standard InChI is InChI=1S/C17H22N4O2/c1-11-7-13(8-12(2)20-11)10-19-17(18)21-14-5-6-15(22-3)16(9-14)23-4/h5-9H,10H2,1-4H3,(H3,18,19,21). The zero-order valence-corrected chi connectivity index (χ0v) is 13.9. The van der Waals surface area contributed by atoms with Crippen LogP contribution < -0.4 is 20.5 Å². The van der Waals surface area contributed by atoms with E-state index in [2.05, 4.69) is 15.3 Å². The van der Waals surface area contributed by atoms with Crippen molar-refractivity contribution in [1.29, 1.82) is 0 Å². The Bertz CT molecular complexity index is 693. The van der Waals surface area contributed by atoms with Crippen LogP contribution in [0, 0.1) is 13.8 Å². The summed E-state index contributed by atoms with van der Waals surface area (Å²) in [4.78, 5) is 8.70. The molecule has 0 amide bonds. The Morgan fingerprint density at radius 2 is 1.74 bits per heavy atom. The molecule has 0 bridgehead atoms. The first kappa shape index (κ1) is 16.6. The van der Waals surface area contributed by atoms with Crippen molar-refractivity contribution >= 4 is 11.6 Å². The number of anilines is 1. The van der Waals surface area contributed by atoms with E-state index in [1.807, 2.05) is 44.2 Å². The van der Waals surface area contributed by atoms with Gasteiger partial charge >= 0.3 is 0 Å². The molecule has 1 heterocycles. The van der Waals surface area contributed by atoms with E-state index in [4.69, 9.17) is 15.2 Å². The fourth-order valence-corrected chi connectivity index (χ4v) is 2.29. The molecule has 0 aliphatic rings. The lowest BCUT2D eigenvalue weighted by atomic mass is 10.2. The molecule has 1 aromatic carbocycles. The van der Waals surface area contributed by atoms with Crippen LogP contribution in [-0.4, -0.2) is 25.2 Å². The Labute approximate surface area is 136 Å². The molecule has 1 aromatic heterocycles. The molecule has 3 N–H and O–H groups in total. The normalized spacial score (nSPS) is 11.2. The lowest BCUT2D eigenvalue weighted by Crippen LogP contribution is -2.22. The topological polar surface area (TPSA) is 81.8 Å². The second-order valence-corrected chi connectivity index (χ2v) is 5.15. The highest BCUT2D eigenvalue weighted by Crippen LogP contribution is 2.29. The molecule has 0 aliphatic carbocycles. The second kappa shape index (κ2) is 7.49. The zero-order chi connectivity index (χ0) is 16.8. The summed E-state index contributed by atoms with van der Waals surface area (Å²) in [5, 5.41) is 3.04. The minimum atomic E-state index is 0.337. The highest BCUT2D eigenvalue weighted by Gasteiger charge is 2.05. The van der Waals surface area contributed by atoms with E-state index < -0.39 is 0 Å². The molecule has 2 aromatic rings. The number of guanidine groups is 1. The quantitative estimate of drug-likeness (QED) is 0.655. The van der Waals surface area contributed by atoms with Gasteiger partial charge in [-0.2, -0.15) is 0 Å². The van der Waals surface area contributed by atoms with Crippen LogP contribution in [0.25, 0.3) is 0 Å². The molecule has 0 spiro atoms. The number of nitrogens with zero attached hydrogens (tertiary/aromatic N) is 2. The Balaban J connectivity index is 2.07. The number of aliphatic imine (C=N–C) groups is 1. The molecular weight excluding hydrogens is 292 g/mol. The Hall–Kier alpha value is -2.76. The lowest BCUT2D eigenvalue weighted by molar-refractivity contribution is 0.355. The van der Waals surface area contributed by atoms with Gasteiger partial charge in [-0.15, -0.1) is 0 Å². The third kappa shape index (κ3) is 4.60. The van der Waals surface area contributed by atoms with Crippen molar-refractivity contribution in [3.8, 4) is 11.5 Å². The summed E-state index contributed by atoms with van der Waals surface area (Å²) >= 11 is 0. The van der Waals surface area contributed by atoms with Gasteiger partial charge in [0.2, 0.25) is 0 Å². The third-order valence-electron chi connectivity index (χ3n) is 3.23. The number of nitrogens with two attached hydrogens (primary N) is 1. The van der Waals surface area contributed by atoms with Crippen LogP contribution in [0.15, 0.2) is 35.3 Å². The third-order valence-corrected chi connectivity index (χ3v) is 3.23. The average Bonchev–Trinajstić information content (AvgIpc) is 2.52. The number of hydrogen-bond donors (Lipinski definition) is 2. The van der Waals surface area contributed by atoms with Gasteiger partial charge in [0.15, 0.2) is 17.5 Å². The number of benzene rings is 1. The Morgan fingerprint density at radius 3 is 2.35 bits per heavy atom. The molecule has 122 valence electrons. The van der Waals surface area contributed by atoms with Crippen molar-refractivity contribution < 1.29 is 9.47 Å². The van der Waals surface area contributed by atoms with Crippen molar-refractivity contribution in [2.45, 2.75) is 20.4 Å². The maximum atomic E-state index is 5.94. The molecular formula is C17H22N4O2. The first-order valence-corrected chi connectivity index (χ1v) is 7.25. The van der Waals surface area contributed by atoms with Gasteiger partial charge in [-0.05, 0) is 43.7 Å². The number of pyridine rings is 1. The fourth-order valence-electron chi connectivity index (χ4n) is 2.29. The zero-order valence-electron chi connectivity index (χ0n) is 13.9. The molecule has 0 aliphatic heterocycles. The highest BCUT2D eigenvalue weighted by molar-refractivity contribution is 5.92. The Morgan fingerprint density at radius 1 is 1.09 bits per heavy atom. The first-order chi connectivity index (χ1) is 11.0. The largest absolute Gasteiger partial charge is 0.493 e. The second-order valence-electron chi connectivity index (χ2n) is 5.15.